The minimum atomic E-state index is 0.198. The van der Waals surface area contributed by atoms with E-state index in [4.69, 9.17) is 0 Å². The monoisotopic (exact) mass is 373 g/mol. The number of hydrogen-bond acceptors (Lipinski definition) is 3. The van der Waals surface area contributed by atoms with Gasteiger partial charge in [0.1, 0.15) is 10.3 Å². The number of aromatic nitrogens is 4. The van der Waals surface area contributed by atoms with Crippen molar-refractivity contribution in [3.05, 3.63) is 46.6 Å². The molecule has 7 heteroatoms. The zero-order valence-electron chi connectivity index (χ0n) is 12.7. The summed E-state index contributed by atoms with van der Waals surface area (Å²) in [6.45, 7) is 0.800. The SMILES string of the molecule is Cn1cc(Cc2cn3cc(N4CCCC4=O)ccc3n2)c(Br)n1. The molecule has 3 aromatic heterocycles. The standard InChI is InChI=1S/C16H16BrN5O/c1-20-8-11(16(17)19-20)7-12-9-21-10-13(4-5-14(21)18-12)22-6-2-3-15(22)23/h4-5,8-10H,2-3,6-7H2,1H3. The first-order valence-electron chi connectivity index (χ1n) is 7.56. The number of hydrogen-bond donors (Lipinski definition) is 0. The van der Waals surface area contributed by atoms with Crippen LogP contribution in [0.1, 0.15) is 24.1 Å². The number of amides is 1. The molecule has 1 fully saturated rings. The molecule has 0 aliphatic carbocycles. The van der Waals surface area contributed by atoms with Crippen molar-refractivity contribution < 1.29 is 4.79 Å². The molecule has 1 aliphatic rings. The molecule has 0 spiro atoms. The van der Waals surface area contributed by atoms with Crippen LogP contribution in [0.3, 0.4) is 0 Å². The Labute approximate surface area is 141 Å². The maximum absolute atomic E-state index is 11.9. The number of carbonyl (C=O) groups excluding carboxylic acids is 1. The molecule has 0 saturated carbocycles. The van der Waals surface area contributed by atoms with Crippen molar-refractivity contribution in [2.24, 2.45) is 7.05 Å². The lowest BCUT2D eigenvalue weighted by atomic mass is 10.2. The molecule has 1 amide bonds. The van der Waals surface area contributed by atoms with Crippen molar-refractivity contribution in [1.82, 2.24) is 19.2 Å². The Bertz CT molecular complexity index is 897. The normalized spacial score (nSPS) is 15.0. The average Bonchev–Trinajstić information content (AvgIpc) is 3.18. The fourth-order valence-corrected chi connectivity index (χ4v) is 3.52. The average molecular weight is 374 g/mol. The number of pyridine rings is 1. The molecule has 0 radical (unpaired) electrons. The Morgan fingerprint density at radius 2 is 2.13 bits per heavy atom. The van der Waals surface area contributed by atoms with Gasteiger partial charge in [-0.3, -0.25) is 9.48 Å². The van der Waals surface area contributed by atoms with Crippen LogP contribution in [0.5, 0.6) is 0 Å². The van der Waals surface area contributed by atoms with Crippen LogP contribution in [0.2, 0.25) is 0 Å². The number of carbonyl (C=O) groups is 1. The summed E-state index contributed by atoms with van der Waals surface area (Å²) in [6, 6.07) is 3.93. The minimum Gasteiger partial charge on any atom is -0.311 e. The van der Waals surface area contributed by atoms with Crippen molar-refractivity contribution in [1.29, 1.82) is 0 Å². The zero-order valence-corrected chi connectivity index (χ0v) is 14.3. The molecule has 4 rings (SSSR count). The topological polar surface area (TPSA) is 55.4 Å². The number of imidazole rings is 1. The predicted molar refractivity (Wildman–Crippen MR) is 90.5 cm³/mol. The maximum Gasteiger partial charge on any atom is 0.227 e. The Morgan fingerprint density at radius 1 is 1.26 bits per heavy atom. The van der Waals surface area contributed by atoms with E-state index in [9.17, 15) is 4.79 Å². The first kappa shape index (κ1) is 14.4. The smallest absolute Gasteiger partial charge is 0.227 e. The van der Waals surface area contributed by atoms with E-state index in [-0.39, 0.29) is 5.91 Å². The lowest BCUT2D eigenvalue weighted by Crippen LogP contribution is -2.23. The van der Waals surface area contributed by atoms with Gasteiger partial charge >= 0.3 is 0 Å². The van der Waals surface area contributed by atoms with Crippen molar-refractivity contribution >= 4 is 33.2 Å². The molecule has 118 valence electrons. The summed E-state index contributed by atoms with van der Waals surface area (Å²) in [7, 11) is 1.90. The summed E-state index contributed by atoms with van der Waals surface area (Å²) in [5.74, 6) is 0.198. The second kappa shape index (κ2) is 5.49. The Morgan fingerprint density at radius 3 is 2.83 bits per heavy atom. The van der Waals surface area contributed by atoms with Crippen LogP contribution in [0.15, 0.2) is 35.3 Å². The zero-order chi connectivity index (χ0) is 16.0. The largest absolute Gasteiger partial charge is 0.311 e. The van der Waals surface area contributed by atoms with Gasteiger partial charge < -0.3 is 9.30 Å². The van der Waals surface area contributed by atoms with Crippen molar-refractivity contribution in [2.75, 3.05) is 11.4 Å². The first-order valence-corrected chi connectivity index (χ1v) is 8.35. The van der Waals surface area contributed by atoms with Crippen LogP contribution in [-0.2, 0) is 18.3 Å². The highest BCUT2D eigenvalue weighted by molar-refractivity contribution is 9.10. The summed E-state index contributed by atoms with van der Waals surface area (Å²) in [4.78, 5) is 18.4. The van der Waals surface area contributed by atoms with Crippen LogP contribution < -0.4 is 4.90 Å². The molecular formula is C16H16BrN5O. The molecule has 1 aliphatic heterocycles. The highest BCUT2D eigenvalue weighted by Crippen LogP contribution is 2.23. The van der Waals surface area contributed by atoms with E-state index in [1.54, 1.807) is 4.68 Å². The van der Waals surface area contributed by atoms with Crippen molar-refractivity contribution in [3.8, 4) is 0 Å². The third kappa shape index (κ3) is 2.65. The molecule has 0 unspecified atom stereocenters. The van der Waals surface area contributed by atoms with Gasteiger partial charge in [-0.1, -0.05) is 0 Å². The van der Waals surface area contributed by atoms with Crippen molar-refractivity contribution in [2.45, 2.75) is 19.3 Å². The van der Waals surface area contributed by atoms with Gasteiger partial charge in [-0.2, -0.15) is 5.10 Å². The molecule has 0 bridgehead atoms. The van der Waals surface area contributed by atoms with Crippen molar-refractivity contribution in [3.63, 3.8) is 0 Å². The van der Waals surface area contributed by atoms with Gasteiger partial charge in [0.2, 0.25) is 5.91 Å². The first-order chi connectivity index (χ1) is 11.1. The van der Waals surface area contributed by atoms with E-state index in [2.05, 4.69) is 26.0 Å². The van der Waals surface area contributed by atoms with Gasteiger partial charge in [0.25, 0.3) is 0 Å². The van der Waals surface area contributed by atoms with E-state index in [0.29, 0.717) is 12.8 Å². The highest BCUT2D eigenvalue weighted by Gasteiger charge is 2.22. The van der Waals surface area contributed by atoms with E-state index in [1.807, 2.05) is 47.1 Å². The van der Waals surface area contributed by atoms with Gasteiger partial charge in [-0.25, -0.2) is 4.98 Å². The van der Waals surface area contributed by atoms with Gasteiger partial charge in [0, 0.05) is 50.6 Å². The highest BCUT2D eigenvalue weighted by atomic mass is 79.9. The second-order valence-corrected chi connectivity index (χ2v) is 6.58. The Kier molecular flexibility index (Phi) is 3.45. The van der Waals surface area contributed by atoms with E-state index >= 15 is 0 Å². The van der Waals surface area contributed by atoms with E-state index < -0.39 is 0 Å². The number of rotatable bonds is 3. The summed E-state index contributed by atoms with van der Waals surface area (Å²) in [6.07, 6.45) is 8.27. The quantitative estimate of drug-likeness (QED) is 0.708. The number of aryl methyl sites for hydroxylation is 1. The van der Waals surface area contributed by atoms with Crippen LogP contribution in [0, 0.1) is 0 Å². The van der Waals surface area contributed by atoms with Gasteiger partial charge in [-0.05, 0) is 34.5 Å². The Hall–Kier alpha value is -2.15. The number of halogens is 1. The lowest BCUT2D eigenvalue weighted by molar-refractivity contribution is -0.117. The summed E-state index contributed by atoms with van der Waals surface area (Å²) < 4.78 is 4.62. The third-order valence-corrected chi connectivity index (χ3v) is 4.76. The molecule has 4 heterocycles. The van der Waals surface area contributed by atoms with Crippen LogP contribution in [0.25, 0.3) is 5.65 Å². The van der Waals surface area contributed by atoms with Gasteiger partial charge in [0.15, 0.2) is 0 Å². The molecule has 23 heavy (non-hydrogen) atoms. The second-order valence-electron chi connectivity index (χ2n) is 5.83. The molecule has 0 N–H and O–H groups in total. The van der Waals surface area contributed by atoms with Crippen LogP contribution >= 0.6 is 15.9 Å². The van der Waals surface area contributed by atoms with Gasteiger partial charge in [0.05, 0.1) is 11.4 Å². The molecule has 0 atom stereocenters. The van der Waals surface area contributed by atoms with Gasteiger partial charge in [-0.15, -0.1) is 0 Å². The fraction of sp³-hybridized carbons (Fsp3) is 0.312. The number of anilines is 1. The third-order valence-electron chi connectivity index (χ3n) is 4.10. The predicted octanol–water partition coefficient (Wildman–Crippen LogP) is 2.55. The number of nitrogens with zero attached hydrogens (tertiary/aromatic N) is 5. The maximum atomic E-state index is 11.9. The molecule has 6 nitrogen and oxygen atoms in total. The minimum absolute atomic E-state index is 0.198. The number of fused-ring (bicyclic) bond motifs is 1. The molecule has 0 aromatic carbocycles. The summed E-state index contributed by atoms with van der Waals surface area (Å²) >= 11 is 3.47. The lowest BCUT2D eigenvalue weighted by Gasteiger charge is -2.15. The fourth-order valence-electron chi connectivity index (χ4n) is 3.02. The van der Waals surface area contributed by atoms with Crippen LogP contribution in [-0.4, -0.2) is 31.6 Å². The Balaban J connectivity index is 1.65. The van der Waals surface area contributed by atoms with E-state index in [1.165, 1.54) is 0 Å². The van der Waals surface area contributed by atoms with Crippen LogP contribution in [0.4, 0.5) is 5.69 Å². The molecule has 3 aromatic rings. The van der Waals surface area contributed by atoms with E-state index in [0.717, 1.165) is 40.2 Å². The summed E-state index contributed by atoms with van der Waals surface area (Å²) in [5.41, 5.74) is 3.90. The molecular weight excluding hydrogens is 358 g/mol. The molecule has 1 saturated heterocycles. The summed E-state index contributed by atoms with van der Waals surface area (Å²) in [5, 5.41) is 4.29.